The van der Waals surface area contributed by atoms with E-state index in [1.807, 2.05) is 109 Å². The zero-order valence-electron chi connectivity index (χ0n) is 61.6. The van der Waals surface area contributed by atoms with Crippen LogP contribution in [0.3, 0.4) is 0 Å². The van der Waals surface area contributed by atoms with Gasteiger partial charge in [-0.25, -0.2) is 29.9 Å². The summed E-state index contributed by atoms with van der Waals surface area (Å²) >= 11 is 0. The highest BCUT2D eigenvalue weighted by Gasteiger charge is 2.39. The molecule has 2 N–H and O–H groups in total. The number of phenolic OH excluding ortho intramolecular Hbond substituents is 2. The van der Waals surface area contributed by atoms with Gasteiger partial charge >= 0.3 is 0 Å². The Bertz CT molecular complexity index is 4510. The number of hydrogen-bond donors (Lipinski definition) is 2. The van der Waals surface area contributed by atoms with Gasteiger partial charge in [0.05, 0.1) is 33.1 Å². The van der Waals surface area contributed by atoms with Gasteiger partial charge in [-0.1, -0.05) is 189 Å². The predicted molar refractivity (Wildman–Crippen MR) is 424 cm³/mol. The van der Waals surface area contributed by atoms with Crippen LogP contribution in [0.1, 0.15) is 274 Å². The van der Waals surface area contributed by atoms with Crippen LogP contribution in [0.25, 0.3) is 33.1 Å². The number of benzene rings is 7. The molecule has 2 unspecified atom stereocenters. The molecule has 0 radical (unpaired) electrons. The van der Waals surface area contributed by atoms with Gasteiger partial charge < -0.3 is 38.6 Å². The van der Waals surface area contributed by atoms with Crippen molar-refractivity contribution in [2.45, 2.75) is 229 Å². The van der Waals surface area contributed by atoms with E-state index < -0.39 is 17.8 Å². The quantitative estimate of drug-likeness (QED) is 0.0280. The van der Waals surface area contributed by atoms with Gasteiger partial charge in [0.15, 0.2) is 0 Å². The molecule has 3 aliphatic heterocycles. The number of nitrogens with zero attached hydrogens (tertiary/aromatic N) is 6. The average molecular weight is 1420 g/mol. The second-order valence-electron chi connectivity index (χ2n) is 29.5. The molecule has 6 heterocycles. The maximum absolute atomic E-state index is 13.3. The van der Waals surface area contributed by atoms with Crippen LogP contribution in [0, 0.1) is 0 Å². The van der Waals surface area contributed by atoms with Crippen LogP contribution in [-0.4, -0.2) is 40.1 Å². The van der Waals surface area contributed by atoms with Crippen molar-refractivity contribution in [3.8, 4) is 81.3 Å². The highest BCUT2D eigenvalue weighted by Crippen LogP contribution is 2.58. The number of ether oxygens (including phenoxy) is 6. The Morgan fingerprint density at radius 2 is 0.434 bits per heavy atom. The minimum absolute atomic E-state index is 0.0370. The van der Waals surface area contributed by atoms with Crippen molar-refractivity contribution in [3.63, 3.8) is 0 Å². The summed E-state index contributed by atoms with van der Waals surface area (Å²) in [4.78, 5) is 31.4. The lowest BCUT2D eigenvalue weighted by Gasteiger charge is -2.30. The van der Waals surface area contributed by atoms with Gasteiger partial charge in [0.25, 0.3) is 35.3 Å². The fourth-order valence-electron chi connectivity index (χ4n) is 16.3. The molecule has 3 aromatic heterocycles. The van der Waals surface area contributed by atoms with Gasteiger partial charge in [-0.2, -0.15) is 0 Å². The monoisotopic (exact) mass is 1420 g/mol. The highest BCUT2D eigenvalue weighted by molar-refractivity contribution is 5.79. The van der Waals surface area contributed by atoms with Crippen LogP contribution < -0.4 is 28.4 Å². The largest absolute Gasteiger partial charge is 0.508 e. The number of rotatable bonds is 36. The minimum Gasteiger partial charge on any atom is -0.508 e. The van der Waals surface area contributed by atoms with E-state index in [1.165, 1.54) is 0 Å². The molecule has 548 valence electrons. The number of allylic oxidation sites excluding steroid dienone is 4. The van der Waals surface area contributed by atoms with Crippen molar-refractivity contribution in [1.82, 2.24) is 29.9 Å². The first kappa shape index (κ1) is 72.8. The van der Waals surface area contributed by atoms with E-state index in [4.69, 9.17) is 58.3 Å². The van der Waals surface area contributed by atoms with Crippen molar-refractivity contribution in [2.24, 2.45) is 0 Å². The molecule has 14 nitrogen and oxygen atoms in total. The zero-order chi connectivity index (χ0) is 72.6. The van der Waals surface area contributed by atoms with Crippen LogP contribution in [-0.2, 0) is 0 Å². The fraction of sp³-hybridized carbons (Fsp3) is 0.391. The van der Waals surface area contributed by atoms with Crippen LogP contribution in [0.2, 0.25) is 0 Å². The Kier molecular flexibility index (Phi) is 24.3. The third kappa shape index (κ3) is 16.9. The van der Waals surface area contributed by atoms with Crippen LogP contribution in [0.4, 0.5) is 0 Å². The number of para-hydroxylation sites is 6. The molecule has 0 fully saturated rings. The van der Waals surface area contributed by atoms with Crippen molar-refractivity contribution in [1.29, 1.82) is 0 Å². The molecule has 2 atom stereocenters. The normalized spacial score (nSPS) is 15.7. The van der Waals surface area contributed by atoms with Crippen molar-refractivity contribution in [3.05, 3.63) is 216 Å². The van der Waals surface area contributed by atoms with E-state index in [0.717, 1.165) is 213 Å². The second kappa shape index (κ2) is 35.3. The maximum atomic E-state index is 13.3. The molecule has 0 spiro atoms. The van der Waals surface area contributed by atoms with Gasteiger partial charge in [-0.05, 0) is 138 Å². The molecule has 8 bridgehead atoms. The number of aromatic nitrogens is 6. The lowest BCUT2D eigenvalue weighted by atomic mass is 9.76. The first-order valence-corrected chi connectivity index (χ1v) is 39.6. The van der Waals surface area contributed by atoms with Crippen molar-refractivity contribution < 1.29 is 38.6 Å². The second-order valence-corrected chi connectivity index (χ2v) is 29.5. The number of phenols is 2. The first-order valence-electron chi connectivity index (χ1n) is 39.6. The van der Waals surface area contributed by atoms with Crippen molar-refractivity contribution >= 4 is 33.1 Å². The molecule has 106 heavy (non-hydrogen) atoms. The van der Waals surface area contributed by atoms with E-state index in [2.05, 4.69) is 50.6 Å². The van der Waals surface area contributed by atoms with E-state index in [0.29, 0.717) is 104 Å². The molecule has 14 heteroatoms. The van der Waals surface area contributed by atoms with E-state index in [1.54, 1.807) is 12.1 Å². The van der Waals surface area contributed by atoms with E-state index in [9.17, 15) is 10.2 Å². The number of hydrogen-bond acceptors (Lipinski definition) is 14. The molecule has 1 aliphatic carbocycles. The summed E-state index contributed by atoms with van der Waals surface area (Å²) in [7, 11) is 0. The summed E-state index contributed by atoms with van der Waals surface area (Å²) in [5.74, 6) is 2.27. The number of fused-ring (bicyclic) bond motifs is 8. The molecule has 10 aromatic rings. The molecule has 0 amide bonds. The van der Waals surface area contributed by atoms with Gasteiger partial charge in [-0.3, -0.25) is 0 Å². The SMILES string of the molecule is C=CCCCCCCCCC1c2cc3c(cc2O)Oc2nc4ccccc4nc2Oc2cc4c(cc2C3CCCCCCCCC=C)C(CCCCCCCCC=C)c2cc3c(cc2Oc2nc5ccccc5nc2O4)Oc2nc4ccccc4nc2Oc2cc(O)c1cc2C3CCCCCCCCC=C. The van der Waals surface area contributed by atoms with E-state index >= 15 is 0 Å². The predicted octanol–water partition coefficient (Wildman–Crippen LogP) is 26.7. The van der Waals surface area contributed by atoms with Crippen molar-refractivity contribution in [2.75, 3.05) is 0 Å². The molecular formula is C92H102N6O8. The smallest absolute Gasteiger partial charge is 0.284 e. The summed E-state index contributed by atoms with van der Waals surface area (Å²) in [6.45, 7) is 16.0. The highest BCUT2D eigenvalue weighted by atomic mass is 16.6. The van der Waals surface area contributed by atoms with Gasteiger partial charge in [0.1, 0.15) is 46.0 Å². The van der Waals surface area contributed by atoms with Crippen LogP contribution in [0.5, 0.6) is 81.3 Å². The van der Waals surface area contributed by atoms with Gasteiger partial charge in [-0.15, -0.1) is 26.3 Å². The summed E-state index contributed by atoms with van der Waals surface area (Å²) in [6, 6.07) is 39.9. The van der Waals surface area contributed by atoms with E-state index in [-0.39, 0.29) is 52.7 Å². The Morgan fingerprint density at radius 1 is 0.245 bits per heavy atom. The maximum Gasteiger partial charge on any atom is 0.284 e. The number of unbranched alkanes of at least 4 members (excludes halogenated alkanes) is 24. The summed E-state index contributed by atoms with van der Waals surface area (Å²) in [5.41, 5.74) is 10.5. The molecule has 4 aliphatic rings. The third-order valence-electron chi connectivity index (χ3n) is 22.0. The summed E-state index contributed by atoms with van der Waals surface area (Å²) < 4.78 is 44.4. The molecule has 14 rings (SSSR count). The minimum atomic E-state index is -0.525. The first-order chi connectivity index (χ1) is 52.2. The topological polar surface area (TPSA) is 173 Å². The molecule has 0 saturated carbocycles. The van der Waals surface area contributed by atoms with Gasteiger partial charge in [0, 0.05) is 92.4 Å². The lowest BCUT2D eigenvalue weighted by Crippen LogP contribution is -2.13. The fourth-order valence-corrected chi connectivity index (χ4v) is 16.3. The molecule has 7 aromatic carbocycles. The van der Waals surface area contributed by atoms with Gasteiger partial charge in [0.2, 0.25) is 0 Å². The summed E-state index contributed by atoms with van der Waals surface area (Å²) in [6.07, 6.45) is 39.9. The third-order valence-corrected chi connectivity index (χ3v) is 22.0. The van der Waals surface area contributed by atoms with Crippen LogP contribution >= 0.6 is 0 Å². The Hall–Kier alpha value is -10.1. The Morgan fingerprint density at radius 3 is 0.660 bits per heavy atom. The Balaban J connectivity index is 1.06. The molecular weight excluding hydrogens is 1320 g/mol. The Labute approximate surface area is 625 Å². The molecule has 0 saturated heterocycles. The lowest BCUT2D eigenvalue weighted by molar-refractivity contribution is 0.381. The van der Waals surface area contributed by atoms with Crippen LogP contribution in [0.15, 0.2) is 172 Å². The number of aromatic hydroxyl groups is 2. The standard InChI is InChI=1S/C92H102N6O8/c1-5-9-13-17-21-25-29-33-43-61-65-53-67-62(44-34-30-26-22-18-14-10-6-2)69-55-71-64(46-36-32-28-24-20-16-12-8-4)72-56-70-63(45-35-31-27-23-19-15-11-7-3)68-54-66(61)80(100)58-82(68)102-88-90(96-76-50-40-38-48-74(76)94-88)104-84(70)60-86(72)106-92-91(97-77-51-41-42-52-78(77)98-92)105-85(71)59-83(69)103-89-87(101-81(67)57-79(65)99)93-73-47-37-39-49-75(73)95-89/h5-8,37-42,47-64,99-100H,1-4,9-36,43-46H2. The average Bonchev–Trinajstić information content (AvgIpc) is 1.44. The summed E-state index contributed by atoms with van der Waals surface area (Å²) in [5, 5.41) is 26.7. The zero-order valence-corrected chi connectivity index (χ0v) is 61.6.